The number of anilines is 1. The molecule has 0 bridgehead atoms. The Balaban J connectivity index is 1.48. The average Bonchev–Trinajstić information content (AvgIpc) is 3.17. The van der Waals surface area contributed by atoms with E-state index in [1.165, 1.54) is 6.08 Å². The van der Waals surface area contributed by atoms with Gasteiger partial charge in [0.05, 0.1) is 12.3 Å². The Labute approximate surface area is 189 Å². The minimum atomic E-state index is -0.288. The molecule has 0 atom stereocenters. The third kappa shape index (κ3) is 5.05. The lowest BCUT2D eigenvalue weighted by molar-refractivity contribution is -0.111. The molecule has 156 valence electrons. The largest absolute Gasteiger partial charge is 0.494 e. The molecule has 0 unspecified atom stereocenters. The molecule has 8 heteroatoms. The number of rotatable bonds is 6. The summed E-state index contributed by atoms with van der Waals surface area (Å²) >= 11 is 12.0. The van der Waals surface area contributed by atoms with Crippen LogP contribution in [0.25, 0.3) is 22.8 Å². The molecular weight excluding hydrogens is 435 g/mol. The molecule has 0 aliphatic carbocycles. The lowest BCUT2D eigenvalue weighted by atomic mass is 10.2. The number of hydrogen-bond donors (Lipinski definition) is 1. The zero-order chi connectivity index (χ0) is 21.8. The predicted molar refractivity (Wildman–Crippen MR) is 124 cm³/mol. The van der Waals surface area contributed by atoms with Crippen molar-refractivity contribution in [2.75, 3.05) is 11.9 Å². The monoisotopic (exact) mass is 452 g/mol. The number of halogens is 2. The molecule has 1 N–H and O–H groups in total. The van der Waals surface area contributed by atoms with E-state index in [9.17, 15) is 4.79 Å². The maximum absolute atomic E-state index is 12.3. The van der Waals surface area contributed by atoms with Crippen LogP contribution in [0.3, 0.4) is 0 Å². The van der Waals surface area contributed by atoms with Crippen molar-refractivity contribution in [2.24, 2.45) is 0 Å². The predicted octanol–water partition coefficient (Wildman–Crippen LogP) is 5.78. The number of amides is 1. The Morgan fingerprint density at radius 3 is 2.55 bits per heavy atom. The maximum Gasteiger partial charge on any atom is 0.248 e. The van der Waals surface area contributed by atoms with Crippen LogP contribution in [0.2, 0.25) is 10.0 Å². The average molecular weight is 453 g/mol. The van der Waals surface area contributed by atoms with Gasteiger partial charge in [0.1, 0.15) is 16.8 Å². The van der Waals surface area contributed by atoms with Gasteiger partial charge in [0.15, 0.2) is 0 Å². The first-order valence-electron chi connectivity index (χ1n) is 9.56. The first-order valence-corrected chi connectivity index (χ1v) is 10.3. The molecule has 3 aromatic carbocycles. The van der Waals surface area contributed by atoms with E-state index in [0.29, 0.717) is 33.4 Å². The second-order valence-corrected chi connectivity index (χ2v) is 7.45. The van der Waals surface area contributed by atoms with Gasteiger partial charge in [-0.1, -0.05) is 29.3 Å². The summed E-state index contributed by atoms with van der Waals surface area (Å²) in [6.45, 7) is 2.55. The van der Waals surface area contributed by atoms with Gasteiger partial charge in [-0.3, -0.25) is 4.79 Å². The molecular formula is C23H18Cl2N4O2. The summed E-state index contributed by atoms with van der Waals surface area (Å²) in [4.78, 5) is 13.8. The molecule has 0 aliphatic heterocycles. The third-order valence-corrected chi connectivity index (χ3v) is 4.97. The summed E-state index contributed by atoms with van der Waals surface area (Å²) in [5.41, 5.74) is 3.51. The molecule has 1 heterocycles. The molecule has 6 nitrogen and oxygen atoms in total. The van der Waals surface area contributed by atoms with Crippen molar-refractivity contribution in [1.29, 1.82) is 0 Å². The van der Waals surface area contributed by atoms with Crippen LogP contribution in [0.1, 0.15) is 12.5 Å². The van der Waals surface area contributed by atoms with Gasteiger partial charge in [0.2, 0.25) is 5.91 Å². The summed E-state index contributed by atoms with van der Waals surface area (Å²) in [6, 6.07) is 18.0. The van der Waals surface area contributed by atoms with E-state index in [-0.39, 0.29) is 5.91 Å². The summed E-state index contributed by atoms with van der Waals surface area (Å²) in [7, 11) is 0. The van der Waals surface area contributed by atoms with Gasteiger partial charge < -0.3 is 10.1 Å². The van der Waals surface area contributed by atoms with Crippen molar-refractivity contribution in [3.05, 3.63) is 82.3 Å². The summed E-state index contributed by atoms with van der Waals surface area (Å²) in [5.74, 6) is 0.505. The van der Waals surface area contributed by atoms with Gasteiger partial charge in [-0.15, -0.1) is 10.2 Å². The Hall–Kier alpha value is -3.35. The van der Waals surface area contributed by atoms with E-state index in [0.717, 1.165) is 17.0 Å². The number of aromatic nitrogens is 3. The molecule has 0 saturated heterocycles. The maximum atomic E-state index is 12.3. The number of benzene rings is 3. The number of nitrogens with zero attached hydrogens (tertiary/aromatic N) is 3. The van der Waals surface area contributed by atoms with Crippen molar-refractivity contribution >= 4 is 51.9 Å². The Kier molecular flexibility index (Phi) is 6.21. The van der Waals surface area contributed by atoms with E-state index in [1.807, 2.05) is 37.3 Å². The molecule has 0 saturated carbocycles. The Bertz CT molecular complexity index is 1270. The standard InChI is InChI=1S/C23H18Cl2N4O2/c1-2-31-19-9-7-18(8-10-19)29-27-21-11-6-17(14-22(21)28-29)26-23(30)12-4-15-3-5-16(24)13-20(15)25/h3-14H,2H2,1H3,(H,26,30). The zero-order valence-corrected chi connectivity index (χ0v) is 18.1. The van der Waals surface area contributed by atoms with E-state index in [2.05, 4.69) is 15.5 Å². The van der Waals surface area contributed by atoms with E-state index >= 15 is 0 Å². The minimum Gasteiger partial charge on any atom is -0.494 e. The number of nitrogens with one attached hydrogen (secondary N) is 1. The molecule has 0 aliphatic rings. The minimum absolute atomic E-state index is 0.288. The highest BCUT2D eigenvalue weighted by atomic mass is 35.5. The Morgan fingerprint density at radius 1 is 1.03 bits per heavy atom. The lowest BCUT2D eigenvalue weighted by Crippen LogP contribution is -2.07. The highest BCUT2D eigenvalue weighted by Gasteiger charge is 2.07. The highest BCUT2D eigenvalue weighted by Crippen LogP contribution is 2.22. The Morgan fingerprint density at radius 2 is 1.81 bits per heavy atom. The quantitative estimate of drug-likeness (QED) is 0.376. The van der Waals surface area contributed by atoms with Crippen molar-refractivity contribution in [3.63, 3.8) is 0 Å². The second-order valence-electron chi connectivity index (χ2n) is 6.61. The molecule has 1 aromatic heterocycles. The van der Waals surface area contributed by atoms with Crippen LogP contribution < -0.4 is 10.1 Å². The first-order chi connectivity index (χ1) is 15.0. The molecule has 1 amide bonds. The van der Waals surface area contributed by atoms with Crippen LogP contribution in [0.5, 0.6) is 5.75 Å². The number of carbonyl (C=O) groups is 1. The molecule has 4 aromatic rings. The fourth-order valence-electron chi connectivity index (χ4n) is 2.94. The van der Waals surface area contributed by atoms with Gasteiger partial charge in [-0.25, -0.2) is 0 Å². The van der Waals surface area contributed by atoms with Gasteiger partial charge in [-0.2, -0.15) is 4.80 Å². The lowest BCUT2D eigenvalue weighted by Gasteiger charge is -2.03. The fraction of sp³-hybridized carbons (Fsp3) is 0.0870. The summed E-state index contributed by atoms with van der Waals surface area (Å²) < 4.78 is 5.46. The van der Waals surface area contributed by atoms with Crippen LogP contribution in [-0.4, -0.2) is 27.5 Å². The van der Waals surface area contributed by atoms with Crippen molar-refractivity contribution in [1.82, 2.24) is 15.0 Å². The number of carbonyl (C=O) groups excluding carboxylic acids is 1. The van der Waals surface area contributed by atoms with Gasteiger partial charge in [0, 0.05) is 21.8 Å². The molecule has 31 heavy (non-hydrogen) atoms. The van der Waals surface area contributed by atoms with Crippen molar-refractivity contribution in [3.8, 4) is 11.4 Å². The molecule has 0 radical (unpaired) electrons. The fourth-order valence-corrected chi connectivity index (χ4v) is 3.41. The van der Waals surface area contributed by atoms with Crippen LogP contribution in [0, 0.1) is 0 Å². The zero-order valence-electron chi connectivity index (χ0n) is 16.5. The van der Waals surface area contributed by atoms with E-state index in [1.54, 1.807) is 41.2 Å². The normalized spacial score (nSPS) is 11.2. The van der Waals surface area contributed by atoms with Crippen molar-refractivity contribution < 1.29 is 9.53 Å². The first kappa shape index (κ1) is 20.9. The number of hydrogen-bond acceptors (Lipinski definition) is 4. The second kappa shape index (κ2) is 9.20. The van der Waals surface area contributed by atoms with Crippen LogP contribution in [-0.2, 0) is 4.79 Å². The molecule has 0 spiro atoms. The summed E-state index contributed by atoms with van der Waals surface area (Å²) in [5, 5.41) is 12.8. The van der Waals surface area contributed by atoms with Gasteiger partial charge >= 0.3 is 0 Å². The van der Waals surface area contributed by atoms with Crippen LogP contribution in [0.4, 0.5) is 5.69 Å². The highest BCUT2D eigenvalue weighted by molar-refractivity contribution is 6.35. The number of fused-ring (bicyclic) bond motifs is 1. The van der Waals surface area contributed by atoms with Crippen molar-refractivity contribution in [2.45, 2.75) is 6.92 Å². The van der Waals surface area contributed by atoms with Gasteiger partial charge in [0.25, 0.3) is 0 Å². The third-order valence-electron chi connectivity index (χ3n) is 4.40. The molecule has 4 rings (SSSR count). The summed E-state index contributed by atoms with van der Waals surface area (Å²) in [6.07, 6.45) is 3.05. The topological polar surface area (TPSA) is 69.0 Å². The smallest absolute Gasteiger partial charge is 0.248 e. The SMILES string of the molecule is CCOc1ccc(-n2nc3ccc(NC(=O)C=Cc4ccc(Cl)cc4Cl)cc3n2)cc1. The number of ether oxygens (including phenoxy) is 1. The van der Waals surface area contributed by atoms with Gasteiger partial charge in [-0.05, 0) is 73.2 Å². The van der Waals surface area contributed by atoms with Crippen LogP contribution >= 0.6 is 23.2 Å². The molecule has 0 fully saturated rings. The van der Waals surface area contributed by atoms with Crippen LogP contribution in [0.15, 0.2) is 66.7 Å². The van der Waals surface area contributed by atoms with E-state index < -0.39 is 0 Å². The van der Waals surface area contributed by atoms with E-state index in [4.69, 9.17) is 27.9 Å².